The fourth-order valence-electron chi connectivity index (χ4n) is 1.98. The van der Waals surface area contributed by atoms with Crippen molar-refractivity contribution in [3.63, 3.8) is 0 Å². The molecule has 1 amide bonds. The van der Waals surface area contributed by atoms with Gasteiger partial charge in [-0.25, -0.2) is 0 Å². The van der Waals surface area contributed by atoms with E-state index in [1.807, 2.05) is 13.0 Å². The van der Waals surface area contributed by atoms with E-state index >= 15 is 0 Å². The number of nitrogen functional groups attached to an aromatic ring is 1. The van der Waals surface area contributed by atoms with Crippen LogP contribution < -0.4 is 21.1 Å². The van der Waals surface area contributed by atoms with Crippen molar-refractivity contribution in [1.29, 1.82) is 0 Å². The summed E-state index contributed by atoms with van der Waals surface area (Å²) >= 11 is 6.09. The highest BCUT2D eigenvalue weighted by Gasteiger charge is 2.08. The Kier molecular flexibility index (Phi) is 5.12. The molecule has 6 heteroatoms. The Morgan fingerprint density at radius 2 is 2.05 bits per heavy atom. The number of rotatable bonds is 5. The van der Waals surface area contributed by atoms with Gasteiger partial charge < -0.3 is 21.1 Å². The Bertz CT molecular complexity index is 689. The van der Waals surface area contributed by atoms with Crippen LogP contribution in [0.1, 0.15) is 17.3 Å². The van der Waals surface area contributed by atoms with Crippen LogP contribution in [-0.2, 0) is 0 Å². The van der Waals surface area contributed by atoms with E-state index in [0.29, 0.717) is 34.3 Å². The fourth-order valence-corrected chi connectivity index (χ4v) is 2.24. The maximum Gasteiger partial charge on any atom is 0.251 e. The lowest BCUT2D eigenvalue weighted by Gasteiger charge is -2.12. The van der Waals surface area contributed by atoms with Crippen molar-refractivity contribution in [3.8, 4) is 5.75 Å². The van der Waals surface area contributed by atoms with Crippen LogP contribution in [0, 0.1) is 0 Å². The van der Waals surface area contributed by atoms with Crippen molar-refractivity contribution in [3.05, 3.63) is 47.0 Å². The minimum Gasteiger partial charge on any atom is -0.495 e. The molecule has 0 fully saturated rings. The molecular weight excluding hydrogens is 302 g/mol. The molecule has 0 saturated carbocycles. The number of anilines is 3. The molecule has 0 saturated heterocycles. The van der Waals surface area contributed by atoms with E-state index in [-0.39, 0.29) is 5.91 Å². The van der Waals surface area contributed by atoms with Gasteiger partial charge in [0.2, 0.25) is 0 Å². The number of carbonyl (C=O) groups is 1. The summed E-state index contributed by atoms with van der Waals surface area (Å²) < 4.78 is 5.11. The third-order valence-corrected chi connectivity index (χ3v) is 3.38. The van der Waals surface area contributed by atoms with Gasteiger partial charge in [-0.3, -0.25) is 4.79 Å². The number of ether oxygens (including phenoxy) is 1. The van der Waals surface area contributed by atoms with Crippen LogP contribution in [0.2, 0.25) is 5.02 Å². The van der Waals surface area contributed by atoms with Gasteiger partial charge in [-0.15, -0.1) is 0 Å². The summed E-state index contributed by atoms with van der Waals surface area (Å²) in [5, 5.41) is 6.40. The SMILES string of the molecule is CCNC(=O)c1ccc(Nc2ccc(OC)c(Cl)c2)c(N)c1. The van der Waals surface area contributed by atoms with Crippen LogP contribution in [0.4, 0.5) is 17.1 Å². The van der Waals surface area contributed by atoms with E-state index in [4.69, 9.17) is 22.1 Å². The molecule has 0 spiro atoms. The molecule has 0 aliphatic rings. The third-order valence-electron chi connectivity index (χ3n) is 3.08. The quantitative estimate of drug-likeness (QED) is 0.738. The zero-order valence-electron chi connectivity index (χ0n) is 12.4. The summed E-state index contributed by atoms with van der Waals surface area (Å²) in [6.45, 7) is 2.44. The lowest BCUT2D eigenvalue weighted by atomic mass is 10.1. The van der Waals surface area contributed by atoms with Crippen molar-refractivity contribution in [1.82, 2.24) is 5.32 Å². The minimum atomic E-state index is -0.145. The van der Waals surface area contributed by atoms with Crippen molar-refractivity contribution in [2.75, 3.05) is 24.7 Å². The van der Waals surface area contributed by atoms with Crippen molar-refractivity contribution in [2.24, 2.45) is 0 Å². The molecule has 0 radical (unpaired) electrons. The number of halogens is 1. The molecule has 22 heavy (non-hydrogen) atoms. The molecule has 0 unspecified atom stereocenters. The average molecular weight is 320 g/mol. The second kappa shape index (κ2) is 7.04. The average Bonchev–Trinajstić information content (AvgIpc) is 2.49. The highest BCUT2D eigenvalue weighted by atomic mass is 35.5. The lowest BCUT2D eigenvalue weighted by Crippen LogP contribution is -2.22. The first-order valence-corrected chi connectivity index (χ1v) is 7.21. The van der Waals surface area contributed by atoms with E-state index in [9.17, 15) is 4.79 Å². The zero-order valence-corrected chi connectivity index (χ0v) is 13.2. The summed E-state index contributed by atoms with van der Waals surface area (Å²) in [4.78, 5) is 11.8. The van der Waals surface area contributed by atoms with Crippen LogP contribution in [0.15, 0.2) is 36.4 Å². The molecule has 0 heterocycles. The molecule has 0 aliphatic carbocycles. The molecule has 2 aromatic carbocycles. The standard InChI is InChI=1S/C16H18ClN3O2/c1-3-19-16(21)10-4-6-14(13(18)8-10)20-11-5-7-15(22-2)12(17)9-11/h4-9,20H,3,18H2,1-2H3,(H,19,21). The normalized spacial score (nSPS) is 10.1. The molecule has 5 nitrogen and oxygen atoms in total. The number of amides is 1. The first kappa shape index (κ1) is 16.0. The molecule has 0 aromatic heterocycles. The molecule has 116 valence electrons. The second-order valence-corrected chi connectivity index (χ2v) is 5.04. The molecular formula is C16H18ClN3O2. The molecule has 4 N–H and O–H groups in total. The Morgan fingerprint density at radius 3 is 2.64 bits per heavy atom. The molecule has 0 bridgehead atoms. The topological polar surface area (TPSA) is 76.4 Å². The Hall–Kier alpha value is -2.40. The van der Waals surface area contributed by atoms with Crippen LogP contribution in [0.3, 0.4) is 0 Å². The van der Waals surface area contributed by atoms with E-state index < -0.39 is 0 Å². The number of methoxy groups -OCH3 is 1. The minimum absolute atomic E-state index is 0.145. The van der Waals surface area contributed by atoms with Crippen LogP contribution in [0.25, 0.3) is 0 Å². The highest BCUT2D eigenvalue weighted by Crippen LogP contribution is 2.30. The summed E-state index contributed by atoms with van der Waals surface area (Å²) in [5.41, 5.74) is 8.49. The van der Waals surface area contributed by atoms with Gasteiger partial charge in [-0.1, -0.05) is 11.6 Å². The van der Waals surface area contributed by atoms with Crippen LogP contribution >= 0.6 is 11.6 Å². The van der Waals surface area contributed by atoms with Gasteiger partial charge in [0.25, 0.3) is 5.91 Å². The number of carbonyl (C=O) groups excluding carboxylic acids is 1. The fraction of sp³-hybridized carbons (Fsp3) is 0.188. The Balaban J connectivity index is 2.20. The second-order valence-electron chi connectivity index (χ2n) is 4.64. The predicted molar refractivity (Wildman–Crippen MR) is 90.1 cm³/mol. The van der Waals surface area contributed by atoms with Gasteiger partial charge in [0.1, 0.15) is 5.75 Å². The molecule has 0 aliphatic heterocycles. The number of hydrogen-bond acceptors (Lipinski definition) is 4. The van der Waals surface area contributed by atoms with E-state index in [0.717, 1.165) is 5.69 Å². The van der Waals surface area contributed by atoms with Gasteiger partial charge in [0.05, 0.1) is 23.5 Å². The number of nitrogens with two attached hydrogens (primary N) is 1. The number of hydrogen-bond donors (Lipinski definition) is 3. The zero-order chi connectivity index (χ0) is 16.1. The summed E-state index contributed by atoms with van der Waals surface area (Å²) in [7, 11) is 1.56. The summed E-state index contributed by atoms with van der Waals surface area (Å²) in [6.07, 6.45) is 0. The van der Waals surface area contributed by atoms with Crippen molar-refractivity contribution >= 4 is 34.6 Å². The number of nitrogens with one attached hydrogen (secondary N) is 2. The van der Waals surface area contributed by atoms with Gasteiger partial charge in [-0.2, -0.15) is 0 Å². The largest absolute Gasteiger partial charge is 0.495 e. The first-order chi connectivity index (χ1) is 10.5. The molecule has 0 atom stereocenters. The summed E-state index contributed by atoms with van der Waals surface area (Å²) in [5.74, 6) is 0.458. The number of benzene rings is 2. The van der Waals surface area contributed by atoms with Gasteiger partial charge >= 0.3 is 0 Å². The van der Waals surface area contributed by atoms with Gasteiger partial charge in [-0.05, 0) is 43.3 Å². The highest BCUT2D eigenvalue weighted by molar-refractivity contribution is 6.32. The third kappa shape index (κ3) is 3.62. The van der Waals surface area contributed by atoms with Crippen molar-refractivity contribution in [2.45, 2.75) is 6.92 Å². The van der Waals surface area contributed by atoms with Crippen LogP contribution in [-0.4, -0.2) is 19.6 Å². The molecule has 2 rings (SSSR count). The van der Waals surface area contributed by atoms with E-state index in [1.54, 1.807) is 37.4 Å². The maximum atomic E-state index is 11.8. The van der Waals surface area contributed by atoms with Gasteiger partial charge in [0.15, 0.2) is 0 Å². The lowest BCUT2D eigenvalue weighted by molar-refractivity contribution is 0.0956. The smallest absolute Gasteiger partial charge is 0.251 e. The maximum absolute atomic E-state index is 11.8. The van der Waals surface area contributed by atoms with Gasteiger partial charge in [0, 0.05) is 17.8 Å². The van der Waals surface area contributed by atoms with Crippen LogP contribution in [0.5, 0.6) is 5.75 Å². The Morgan fingerprint density at radius 1 is 1.27 bits per heavy atom. The van der Waals surface area contributed by atoms with E-state index in [2.05, 4.69) is 10.6 Å². The first-order valence-electron chi connectivity index (χ1n) is 6.83. The predicted octanol–water partition coefficient (Wildman–Crippen LogP) is 3.42. The Labute approximate surface area is 134 Å². The summed E-state index contributed by atoms with van der Waals surface area (Å²) in [6, 6.07) is 10.5. The molecule has 2 aromatic rings. The van der Waals surface area contributed by atoms with Crippen molar-refractivity contribution < 1.29 is 9.53 Å². The van der Waals surface area contributed by atoms with E-state index in [1.165, 1.54) is 0 Å². The monoisotopic (exact) mass is 319 g/mol.